The minimum atomic E-state index is -0.826. The number of halogens is 2. The van der Waals surface area contributed by atoms with Crippen LogP contribution in [0.25, 0.3) is 0 Å². The van der Waals surface area contributed by atoms with Gasteiger partial charge in [0.2, 0.25) is 0 Å². The number of aliphatic hydroxyl groups excluding tert-OH is 1. The minimum absolute atomic E-state index is 0.0401. The lowest BCUT2D eigenvalue weighted by Crippen LogP contribution is -2.19. The number of carbonyl (C=O) groups is 1. The molecule has 0 bridgehead atoms. The summed E-state index contributed by atoms with van der Waals surface area (Å²) in [6.07, 6.45) is -0.826. The highest BCUT2D eigenvalue weighted by Gasteiger charge is 2.09. The average molecular weight is 263 g/mol. The molecule has 1 rings (SSSR count). The normalized spacial score (nSPS) is 12.2. The lowest BCUT2D eigenvalue weighted by atomic mass is 10.1. The molecule has 16 heavy (non-hydrogen) atoms. The SMILES string of the molecule is O=C(OCC(O)CCl)c1ccc(CCl)cc1. The number of rotatable bonds is 5. The maximum atomic E-state index is 11.5. The molecule has 0 heterocycles. The smallest absolute Gasteiger partial charge is 0.338 e. The van der Waals surface area contributed by atoms with Crippen molar-refractivity contribution in [2.24, 2.45) is 0 Å². The van der Waals surface area contributed by atoms with Gasteiger partial charge in [-0.15, -0.1) is 23.2 Å². The maximum absolute atomic E-state index is 11.5. The van der Waals surface area contributed by atoms with Gasteiger partial charge < -0.3 is 9.84 Å². The van der Waals surface area contributed by atoms with Crippen LogP contribution >= 0.6 is 23.2 Å². The largest absolute Gasteiger partial charge is 0.459 e. The van der Waals surface area contributed by atoms with Crippen LogP contribution in [0.5, 0.6) is 0 Å². The molecular weight excluding hydrogens is 251 g/mol. The number of hydrogen-bond acceptors (Lipinski definition) is 3. The minimum Gasteiger partial charge on any atom is -0.459 e. The molecule has 0 saturated heterocycles. The van der Waals surface area contributed by atoms with Crippen LogP contribution in [0.15, 0.2) is 24.3 Å². The van der Waals surface area contributed by atoms with Gasteiger partial charge in [0.05, 0.1) is 11.4 Å². The van der Waals surface area contributed by atoms with E-state index < -0.39 is 12.1 Å². The highest BCUT2D eigenvalue weighted by Crippen LogP contribution is 2.08. The maximum Gasteiger partial charge on any atom is 0.338 e. The standard InChI is InChI=1S/C11H12Cl2O3/c12-5-8-1-3-9(4-2-8)11(15)16-7-10(14)6-13/h1-4,10,14H,5-7H2. The van der Waals surface area contributed by atoms with E-state index in [-0.39, 0.29) is 12.5 Å². The summed E-state index contributed by atoms with van der Waals surface area (Å²) >= 11 is 11.0. The van der Waals surface area contributed by atoms with E-state index >= 15 is 0 Å². The van der Waals surface area contributed by atoms with Crippen molar-refractivity contribution < 1.29 is 14.6 Å². The topological polar surface area (TPSA) is 46.5 Å². The van der Waals surface area contributed by atoms with Crippen LogP contribution in [0.4, 0.5) is 0 Å². The molecule has 3 nitrogen and oxygen atoms in total. The molecular formula is C11H12Cl2O3. The average Bonchev–Trinajstić information content (AvgIpc) is 2.35. The number of carbonyl (C=O) groups excluding carboxylic acids is 1. The van der Waals surface area contributed by atoms with Gasteiger partial charge in [-0.3, -0.25) is 0 Å². The van der Waals surface area contributed by atoms with Gasteiger partial charge in [-0.25, -0.2) is 4.79 Å². The van der Waals surface area contributed by atoms with E-state index in [0.717, 1.165) is 5.56 Å². The fourth-order valence-electron chi connectivity index (χ4n) is 1.03. The van der Waals surface area contributed by atoms with Gasteiger partial charge in [0.25, 0.3) is 0 Å². The predicted molar refractivity (Wildman–Crippen MR) is 63.0 cm³/mol. The van der Waals surface area contributed by atoms with Gasteiger partial charge >= 0.3 is 5.97 Å². The Morgan fingerprint density at radius 1 is 1.31 bits per heavy atom. The Balaban J connectivity index is 2.52. The highest BCUT2D eigenvalue weighted by atomic mass is 35.5. The first-order chi connectivity index (χ1) is 7.67. The molecule has 0 aromatic heterocycles. The van der Waals surface area contributed by atoms with E-state index in [0.29, 0.717) is 11.4 Å². The Morgan fingerprint density at radius 3 is 2.44 bits per heavy atom. The molecule has 0 saturated carbocycles. The summed E-state index contributed by atoms with van der Waals surface area (Å²) in [6.45, 7) is -0.0976. The van der Waals surface area contributed by atoms with Crippen LogP contribution in [-0.4, -0.2) is 29.7 Å². The molecule has 0 amide bonds. The highest BCUT2D eigenvalue weighted by molar-refractivity contribution is 6.18. The molecule has 1 aromatic rings. The van der Waals surface area contributed by atoms with Crippen molar-refractivity contribution >= 4 is 29.2 Å². The molecule has 1 unspecified atom stereocenters. The van der Waals surface area contributed by atoms with Crippen molar-refractivity contribution in [1.82, 2.24) is 0 Å². The Labute approximate surface area is 104 Å². The van der Waals surface area contributed by atoms with Gasteiger partial charge in [0.15, 0.2) is 0 Å². The van der Waals surface area contributed by atoms with Gasteiger partial charge in [0, 0.05) is 5.88 Å². The summed E-state index contributed by atoms with van der Waals surface area (Å²) in [7, 11) is 0. The second-order valence-electron chi connectivity index (χ2n) is 3.24. The van der Waals surface area contributed by atoms with Crippen LogP contribution in [0, 0.1) is 0 Å². The quantitative estimate of drug-likeness (QED) is 0.654. The molecule has 0 aliphatic carbocycles. The summed E-state index contributed by atoms with van der Waals surface area (Å²) < 4.78 is 4.85. The molecule has 0 radical (unpaired) electrons. The Kier molecular flexibility index (Phi) is 5.60. The Bertz CT molecular complexity index is 338. The van der Waals surface area contributed by atoms with E-state index in [4.69, 9.17) is 33.0 Å². The zero-order chi connectivity index (χ0) is 12.0. The lowest BCUT2D eigenvalue weighted by Gasteiger charge is -2.08. The Hall–Kier alpha value is -0.770. The molecule has 1 aromatic carbocycles. The third-order valence-electron chi connectivity index (χ3n) is 1.93. The van der Waals surface area contributed by atoms with Crippen molar-refractivity contribution in [3.63, 3.8) is 0 Å². The predicted octanol–water partition coefficient (Wildman–Crippen LogP) is 2.18. The molecule has 88 valence electrons. The third kappa shape index (κ3) is 4.00. The summed E-state index contributed by atoms with van der Waals surface area (Å²) in [6, 6.07) is 6.77. The van der Waals surface area contributed by atoms with Crippen molar-refractivity contribution in [1.29, 1.82) is 0 Å². The van der Waals surface area contributed by atoms with Crippen LogP contribution in [0.2, 0.25) is 0 Å². The van der Waals surface area contributed by atoms with Gasteiger partial charge in [-0.1, -0.05) is 12.1 Å². The summed E-state index contributed by atoms with van der Waals surface area (Å²) in [4.78, 5) is 11.5. The number of alkyl halides is 2. The number of esters is 1. The number of benzene rings is 1. The van der Waals surface area contributed by atoms with Crippen LogP contribution in [0.3, 0.4) is 0 Å². The zero-order valence-electron chi connectivity index (χ0n) is 8.53. The van der Waals surface area contributed by atoms with E-state index in [2.05, 4.69) is 0 Å². The monoisotopic (exact) mass is 262 g/mol. The lowest BCUT2D eigenvalue weighted by molar-refractivity contribution is 0.0303. The van der Waals surface area contributed by atoms with E-state index in [1.54, 1.807) is 24.3 Å². The molecule has 1 atom stereocenters. The van der Waals surface area contributed by atoms with Crippen LogP contribution in [0.1, 0.15) is 15.9 Å². The molecule has 1 N–H and O–H groups in total. The molecule has 0 spiro atoms. The Morgan fingerprint density at radius 2 is 1.94 bits per heavy atom. The van der Waals surface area contributed by atoms with Gasteiger partial charge in [-0.2, -0.15) is 0 Å². The molecule has 5 heteroatoms. The van der Waals surface area contributed by atoms with Crippen molar-refractivity contribution in [2.45, 2.75) is 12.0 Å². The summed E-state index contributed by atoms with van der Waals surface area (Å²) in [5.41, 5.74) is 1.36. The second-order valence-corrected chi connectivity index (χ2v) is 3.81. The van der Waals surface area contributed by atoms with Gasteiger partial charge in [0.1, 0.15) is 12.7 Å². The number of aliphatic hydroxyl groups is 1. The van der Waals surface area contributed by atoms with Crippen LogP contribution in [-0.2, 0) is 10.6 Å². The van der Waals surface area contributed by atoms with E-state index in [1.165, 1.54) is 0 Å². The first-order valence-corrected chi connectivity index (χ1v) is 5.80. The molecule has 0 aliphatic heterocycles. The van der Waals surface area contributed by atoms with E-state index in [9.17, 15) is 4.79 Å². The van der Waals surface area contributed by atoms with Crippen molar-refractivity contribution in [2.75, 3.05) is 12.5 Å². The first-order valence-electron chi connectivity index (χ1n) is 4.73. The molecule has 0 aliphatic rings. The fourth-order valence-corrected chi connectivity index (χ4v) is 1.30. The zero-order valence-corrected chi connectivity index (χ0v) is 10.0. The second kappa shape index (κ2) is 6.74. The van der Waals surface area contributed by atoms with Crippen molar-refractivity contribution in [3.8, 4) is 0 Å². The molecule has 0 fully saturated rings. The first kappa shape index (κ1) is 13.3. The van der Waals surface area contributed by atoms with Crippen LogP contribution < -0.4 is 0 Å². The summed E-state index contributed by atoms with van der Waals surface area (Å²) in [5, 5.41) is 9.11. The van der Waals surface area contributed by atoms with E-state index in [1.807, 2.05) is 0 Å². The number of hydrogen-bond donors (Lipinski definition) is 1. The van der Waals surface area contributed by atoms with Gasteiger partial charge in [-0.05, 0) is 17.7 Å². The summed E-state index contributed by atoms with van der Waals surface area (Å²) in [5.74, 6) is -0.0380. The fraction of sp³-hybridized carbons (Fsp3) is 0.364. The third-order valence-corrected chi connectivity index (χ3v) is 2.59. The number of ether oxygens (including phenoxy) is 1. The van der Waals surface area contributed by atoms with Crippen molar-refractivity contribution in [3.05, 3.63) is 35.4 Å².